The summed E-state index contributed by atoms with van der Waals surface area (Å²) in [5.41, 5.74) is 6.42. The molecule has 0 saturated heterocycles. The minimum absolute atomic E-state index is 0.154. The molecular formula is C11H10Cl3NO. The maximum Gasteiger partial charge on any atom is 0.154 e. The van der Waals surface area contributed by atoms with Crippen LogP contribution in [0, 0.1) is 0 Å². The molecule has 16 heavy (non-hydrogen) atoms. The van der Waals surface area contributed by atoms with Crippen molar-refractivity contribution >= 4 is 45.8 Å². The minimum atomic E-state index is -0.154. The monoisotopic (exact) mass is 277 g/mol. The number of rotatable bonds is 2. The van der Waals surface area contributed by atoms with Gasteiger partial charge in [0.2, 0.25) is 0 Å². The Morgan fingerprint density at radius 2 is 1.94 bits per heavy atom. The van der Waals surface area contributed by atoms with Crippen LogP contribution in [-0.2, 0) is 0 Å². The summed E-state index contributed by atoms with van der Waals surface area (Å²) in [5.74, 6) is 0.670. The van der Waals surface area contributed by atoms with E-state index in [1.807, 2.05) is 6.92 Å². The van der Waals surface area contributed by atoms with Crippen LogP contribution in [0.25, 0.3) is 11.0 Å². The zero-order valence-electron chi connectivity index (χ0n) is 8.56. The second-order valence-corrected chi connectivity index (χ2v) is 4.75. The number of hydrogen-bond acceptors (Lipinski definition) is 2. The zero-order chi connectivity index (χ0) is 11.9. The minimum Gasteiger partial charge on any atom is -0.458 e. The molecule has 0 spiro atoms. The van der Waals surface area contributed by atoms with Gasteiger partial charge in [0.15, 0.2) is 5.58 Å². The molecule has 2 nitrogen and oxygen atoms in total. The van der Waals surface area contributed by atoms with Crippen LogP contribution < -0.4 is 5.73 Å². The number of hydrogen-bond donors (Lipinski definition) is 1. The molecule has 0 saturated carbocycles. The summed E-state index contributed by atoms with van der Waals surface area (Å²) in [6.45, 7) is 1.98. The number of fused-ring (bicyclic) bond motifs is 1. The second-order valence-electron chi connectivity index (χ2n) is 3.56. The van der Waals surface area contributed by atoms with E-state index in [0.29, 0.717) is 31.8 Å². The first-order chi connectivity index (χ1) is 7.54. The van der Waals surface area contributed by atoms with Gasteiger partial charge in [-0.05, 0) is 18.6 Å². The summed E-state index contributed by atoms with van der Waals surface area (Å²) in [6.07, 6.45) is 0.781. The van der Waals surface area contributed by atoms with Crippen LogP contribution in [0.1, 0.15) is 25.1 Å². The van der Waals surface area contributed by atoms with E-state index in [-0.39, 0.29) is 6.04 Å². The van der Waals surface area contributed by atoms with Gasteiger partial charge in [-0.25, -0.2) is 0 Å². The predicted octanol–water partition coefficient (Wildman–Crippen LogP) is 4.80. The molecule has 86 valence electrons. The molecule has 1 aromatic heterocycles. The van der Waals surface area contributed by atoms with Crippen molar-refractivity contribution in [2.24, 2.45) is 5.73 Å². The molecule has 1 unspecified atom stereocenters. The van der Waals surface area contributed by atoms with Crippen LogP contribution >= 0.6 is 34.8 Å². The van der Waals surface area contributed by atoms with Crippen LogP contribution in [0.4, 0.5) is 0 Å². The summed E-state index contributed by atoms with van der Waals surface area (Å²) in [4.78, 5) is 0. The van der Waals surface area contributed by atoms with Gasteiger partial charge in [0.1, 0.15) is 5.76 Å². The van der Waals surface area contributed by atoms with E-state index >= 15 is 0 Å². The maximum atomic E-state index is 6.07. The molecule has 1 heterocycles. The predicted molar refractivity (Wildman–Crippen MR) is 68.5 cm³/mol. The van der Waals surface area contributed by atoms with Crippen molar-refractivity contribution in [1.29, 1.82) is 0 Å². The molecule has 0 amide bonds. The average Bonchev–Trinajstić information content (AvgIpc) is 2.70. The zero-order valence-corrected chi connectivity index (χ0v) is 10.8. The molecule has 0 aliphatic carbocycles. The quantitative estimate of drug-likeness (QED) is 0.801. The molecule has 5 heteroatoms. The Kier molecular flexibility index (Phi) is 3.36. The van der Waals surface area contributed by atoms with Crippen molar-refractivity contribution in [1.82, 2.24) is 0 Å². The Labute approximate surface area is 108 Å². The van der Waals surface area contributed by atoms with Crippen molar-refractivity contribution < 1.29 is 4.42 Å². The van der Waals surface area contributed by atoms with Gasteiger partial charge in [-0.15, -0.1) is 0 Å². The van der Waals surface area contributed by atoms with Crippen molar-refractivity contribution in [3.05, 3.63) is 33.0 Å². The maximum absolute atomic E-state index is 6.07. The van der Waals surface area contributed by atoms with E-state index in [9.17, 15) is 0 Å². The highest BCUT2D eigenvalue weighted by Crippen LogP contribution is 2.38. The average molecular weight is 279 g/mol. The molecule has 0 aliphatic heterocycles. The van der Waals surface area contributed by atoms with Crippen molar-refractivity contribution in [2.45, 2.75) is 19.4 Å². The van der Waals surface area contributed by atoms with Gasteiger partial charge in [-0.2, -0.15) is 0 Å². The van der Waals surface area contributed by atoms with E-state index in [4.69, 9.17) is 45.0 Å². The van der Waals surface area contributed by atoms with Crippen molar-refractivity contribution in [3.63, 3.8) is 0 Å². The molecule has 2 rings (SSSR count). The third-order valence-corrected chi connectivity index (χ3v) is 3.56. The number of halogens is 3. The first-order valence-electron chi connectivity index (χ1n) is 4.87. The van der Waals surface area contributed by atoms with Gasteiger partial charge in [0, 0.05) is 5.39 Å². The normalized spacial score (nSPS) is 13.3. The summed E-state index contributed by atoms with van der Waals surface area (Å²) >= 11 is 18.0. The highest BCUT2D eigenvalue weighted by molar-refractivity contribution is 6.47. The Balaban J connectivity index is 2.70. The van der Waals surface area contributed by atoms with Crippen LogP contribution in [0.2, 0.25) is 15.1 Å². The fraction of sp³-hybridized carbons (Fsp3) is 0.273. The molecule has 2 N–H and O–H groups in total. The Morgan fingerprint density at radius 3 is 2.56 bits per heavy atom. The Morgan fingerprint density at radius 1 is 1.25 bits per heavy atom. The summed E-state index contributed by atoms with van der Waals surface area (Å²) in [5, 5.41) is 2.01. The summed E-state index contributed by atoms with van der Waals surface area (Å²) in [7, 11) is 0. The lowest BCUT2D eigenvalue weighted by molar-refractivity contribution is 0.488. The van der Waals surface area contributed by atoms with E-state index < -0.39 is 0 Å². The molecule has 0 aliphatic rings. The molecule has 1 aromatic carbocycles. The SMILES string of the molecule is CCC(N)c1cc2c(Cl)c(Cl)cc(Cl)c2o1. The van der Waals surface area contributed by atoms with Crippen LogP contribution in [0.15, 0.2) is 16.5 Å². The van der Waals surface area contributed by atoms with E-state index in [1.165, 1.54) is 0 Å². The van der Waals surface area contributed by atoms with Crippen molar-refractivity contribution in [3.8, 4) is 0 Å². The fourth-order valence-electron chi connectivity index (χ4n) is 1.50. The summed E-state index contributed by atoms with van der Waals surface area (Å²) in [6, 6.07) is 3.21. The van der Waals surface area contributed by atoms with Gasteiger partial charge in [0.25, 0.3) is 0 Å². The van der Waals surface area contributed by atoms with Gasteiger partial charge in [0.05, 0.1) is 21.1 Å². The van der Waals surface area contributed by atoms with Crippen molar-refractivity contribution in [2.75, 3.05) is 0 Å². The first kappa shape index (κ1) is 12.1. The van der Waals surface area contributed by atoms with E-state index in [1.54, 1.807) is 12.1 Å². The van der Waals surface area contributed by atoms with Gasteiger partial charge in [-0.1, -0.05) is 41.7 Å². The van der Waals surface area contributed by atoms with E-state index in [2.05, 4.69) is 0 Å². The highest BCUT2D eigenvalue weighted by atomic mass is 35.5. The molecule has 0 radical (unpaired) electrons. The fourth-order valence-corrected chi connectivity index (χ4v) is 2.21. The smallest absolute Gasteiger partial charge is 0.154 e. The van der Waals surface area contributed by atoms with Gasteiger partial charge < -0.3 is 10.2 Å². The topological polar surface area (TPSA) is 39.2 Å². The second kappa shape index (κ2) is 4.46. The van der Waals surface area contributed by atoms with E-state index in [0.717, 1.165) is 6.42 Å². The lowest BCUT2D eigenvalue weighted by Gasteiger charge is -2.02. The third kappa shape index (κ3) is 1.91. The molecule has 2 aromatic rings. The molecule has 0 bridgehead atoms. The van der Waals surface area contributed by atoms with Gasteiger partial charge in [-0.3, -0.25) is 0 Å². The molecule has 1 atom stereocenters. The number of benzene rings is 1. The number of furan rings is 1. The molecular weight excluding hydrogens is 268 g/mol. The molecule has 0 fully saturated rings. The summed E-state index contributed by atoms with van der Waals surface area (Å²) < 4.78 is 5.59. The Bertz CT molecular complexity index is 535. The highest BCUT2D eigenvalue weighted by Gasteiger charge is 2.16. The van der Waals surface area contributed by atoms with Gasteiger partial charge >= 0.3 is 0 Å². The Hall–Kier alpha value is -0.410. The van der Waals surface area contributed by atoms with Crippen LogP contribution in [-0.4, -0.2) is 0 Å². The number of nitrogens with two attached hydrogens (primary N) is 1. The lowest BCUT2D eigenvalue weighted by Crippen LogP contribution is -2.06. The standard InChI is InChI=1S/C11H10Cl3NO/c1-2-8(15)9-3-5-10(14)6(12)4-7(13)11(5)16-9/h3-4,8H,2,15H2,1H3. The lowest BCUT2D eigenvalue weighted by atomic mass is 10.1. The first-order valence-corrected chi connectivity index (χ1v) is 6.00. The largest absolute Gasteiger partial charge is 0.458 e. The van der Waals surface area contributed by atoms with Crippen LogP contribution in [0.3, 0.4) is 0 Å². The van der Waals surface area contributed by atoms with Crippen LogP contribution in [0.5, 0.6) is 0 Å². The third-order valence-electron chi connectivity index (χ3n) is 2.47.